The summed E-state index contributed by atoms with van der Waals surface area (Å²) in [5.41, 5.74) is 0.761. The first-order valence-electron chi connectivity index (χ1n) is 5.44. The number of carbonyl (C=O) groups excluding carboxylic acids is 1. The van der Waals surface area contributed by atoms with Crippen molar-refractivity contribution in [1.29, 1.82) is 0 Å². The minimum Gasteiger partial charge on any atom is -0.326 e. The maximum absolute atomic E-state index is 11.9. The van der Waals surface area contributed by atoms with Crippen LogP contribution >= 0.6 is 11.6 Å². The summed E-state index contributed by atoms with van der Waals surface area (Å²) >= 11 is 5.85. The molecule has 1 fully saturated rings. The number of halogens is 1. The Morgan fingerprint density at radius 1 is 1.56 bits per heavy atom. The summed E-state index contributed by atoms with van der Waals surface area (Å²) in [5, 5.41) is 6.68. The summed E-state index contributed by atoms with van der Waals surface area (Å²) in [6, 6.07) is 7.21. The van der Waals surface area contributed by atoms with E-state index in [1.165, 1.54) is 0 Å². The average molecular weight is 239 g/mol. The molecule has 0 aliphatic carbocycles. The van der Waals surface area contributed by atoms with Crippen molar-refractivity contribution in [3.05, 3.63) is 29.3 Å². The molecule has 1 atom stereocenters. The van der Waals surface area contributed by atoms with Gasteiger partial charge >= 0.3 is 0 Å². The fourth-order valence-corrected chi connectivity index (χ4v) is 1.89. The van der Waals surface area contributed by atoms with E-state index < -0.39 is 0 Å². The van der Waals surface area contributed by atoms with Crippen LogP contribution in [-0.4, -0.2) is 19.0 Å². The van der Waals surface area contributed by atoms with E-state index in [0.29, 0.717) is 10.9 Å². The van der Waals surface area contributed by atoms with Crippen LogP contribution in [0.3, 0.4) is 0 Å². The molecule has 16 heavy (non-hydrogen) atoms. The Balaban J connectivity index is 1.96. The minimum atomic E-state index is 0.0419. The standard InChI is InChI=1S/C12H15ClN2O/c1-8(9-6-14-7-9)12(16)15-11-4-2-3-10(13)5-11/h2-5,8-9,14H,6-7H2,1H3,(H,15,16). The molecule has 1 aliphatic heterocycles. The number of nitrogens with one attached hydrogen (secondary N) is 2. The lowest BCUT2D eigenvalue weighted by atomic mass is 9.88. The highest BCUT2D eigenvalue weighted by molar-refractivity contribution is 6.30. The highest BCUT2D eigenvalue weighted by Crippen LogP contribution is 2.20. The second kappa shape index (κ2) is 4.85. The molecule has 0 aromatic heterocycles. The molecule has 1 aliphatic rings. The van der Waals surface area contributed by atoms with Crippen LogP contribution in [0.25, 0.3) is 0 Å². The fourth-order valence-electron chi connectivity index (χ4n) is 1.70. The Morgan fingerprint density at radius 3 is 2.88 bits per heavy atom. The van der Waals surface area contributed by atoms with E-state index in [4.69, 9.17) is 11.6 Å². The number of rotatable bonds is 3. The summed E-state index contributed by atoms with van der Waals surface area (Å²) in [7, 11) is 0. The van der Waals surface area contributed by atoms with Crippen LogP contribution in [0.2, 0.25) is 5.02 Å². The van der Waals surface area contributed by atoms with Crippen molar-refractivity contribution in [1.82, 2.24) is 5.32 Å². The number of amides is 1. The Hall–Kier alpha value is -1.06. The third kappa shape index (κ3) is 2.54. The first kappa shape index (κ1) is 11.4. The maximum atomic E-state index is 11.9. The van der Waals surface area contributed by atoms with Gasteiger partial charge in [-0.15, -0.1) is 0 Å². The first-order valence-corrected chi connectivity index (χ1v) is 5.82. The number of hydrogen-bond acceptors (Lipinski definition) is 2. The first-order chi connectivity index (χ1) is 7.66. The molecule has 1 aromatic rings. The Kier molecular flexibility index (Phi) is 3.46. The van der Waals surface area contributed by atoms with E-state index in [1.54, 1.807) is 12.1 Å². The fraction of sp³-hybridized carbons (Fsp3) is 0.417. The predicted molar refractivity (Wildman–Crippen MR) is 65.6 cm³/mol. The monoisotopic (exact) mass is 238 g/mol. The second-order valence-electron chi connectivity index (χ2n) is 4.21. The third-order valence-electron chi connectivity index (χ3n) is 3.03. The van der Waals surface area contributed by atoms with Crippen LogP contribution in [0.1, 0.15) is 6.92 Å². The summed E-state index contributed by atoms with van der Waals surface area (Å²) < 4.78 is 0. The lowest BCUT2D eigenvalue weighted by Gasteiger charge is -2.31. The molecular formula is C12H15ClN2O. The molecule has 1 amide bonds. The summed E-state index contributed by atoms with van der Waals surface area (Å²) in [6.45, 7) is 3.83. The summed E-state index contributed by atoms with van der Waals surface area (Å²) in [5.74, 6) is 0.563. The van der Waals surface area contributed by atoms with Crippen LogP contribution < -0.4 is 10.6 Å². The molecule has 0 bridgehead atoms. The largest absolute Gasteiger partial charge is 0.326 e. The Bertz CT molecular complexity index is 390. The van der Waals surface area contributed by atoms with Crippen molar-refractivity contribution in [3.63, 3.8) is 0 Å². The molecular weight excluding hydrogens is 224 g/mol. The molecule has 1 unspecified atom stereocenters. The van der Waals surface area contributed by atoms with Gasteiger partial charge in [0.05, 0.1) is 0 Å². The highest BCUT2D eigenvalue weighted by atomic mass is 35.5. The van der Waals surface area contributed by atoms with Gasteiger partial charge in [0.15, 0.2) is 0 Å². The minimum absolute atomic E-state index is 0.0419. The molecule has 0 spiro atoms. The molecule has 4 heteroatoms. The van der Waals surface area contributed by atoms with Crippen molar-refractivity contribution in [2.45, 2.75) is 6.92 Å². The van der Waals surface area contributed by atoms with E-state index in [9.17, 15) is 4.79 Å². The lowest BCUT2D eigenvalue weighted by molar-refractivity contribution is -0.121. The molecule has 0 saturated carbocycles. The quantitative estimate of drug-likeness (QED) is 0.847. The van der Waals surface area contributed by atoms with Gasteiger partial charge in [0.25, 0.3) is 0 Å². The van der Waals surface area contributed by atoms with Gasteiger partial charge in [-0.2, -0.15) is 0 Å². The zero-order chi connectivity index (χ0) is 11.5. The maximum Gasteiger partial charge on any atom is 0.227 e. The van der Waals surface area contributed by atoms with Crippen LogP contribution in [0.4, 0.5) is 5.69 Å². The van der Waals surface area contributed by atoms with Crippen molar-refractivity contribution in [3.8, 4) is 0 Å². The zero-order valence-corrected chi connectivity index (χ0v) is 9.92. The van der Waals surface area contributed by atoms with Crippen LogP contribution in [0.5, 0.6) is 0 Å². The van der Waals surface area contributed by atoms with Crippen LogP contribution in [-0.2, 0) is 4.79 Å². The van der Waals surface area contributed by atoms with Gasteiger partial charge in [-0.3, -0.25) is 4.79 Å². The molecule has 1 heterocycles. The normalized spacial score (nSPS) is 17.6. The van der Waals surface area contributed by atoms with Gasteiger partial charge in [-0.05, 0) is 37.2 Å². The smallest absolute Gasteiger partial charge is 0.227 e. The zero-order valence-electron chi connectivity index (χ0n) is 9.16. The highest BCUT2D eigenvalue weighted by Gasteiger charge is 2.28. The number of benzene rings is 1. The average Bonchev–Trinajstić information content (AvgIpc) is 2.14. The van der Waals surface area contributed by atoms with E-state index in [-0.39, 0.29) is 11.8 Å². The van der Waals surface area contributed by atoms with E-state index in [2.05, 4.69) is 10.6 Å². The third-order valence-corrected chi connectivity index (χ3v) is 3.26. The van der Waals surface area contributed by atoms with Crippen molar-refractivity contribution in [2.24, 2.45) is 11.8 Å². The van der Waals surface area contributed by atoms with Crippen LogP contribution in [0.15, 0.2) is 24.3 Å². The summed E-state index contributed by atoms with van der Waals surface area (Å²) in [6.07, 6.45) is 0. The Labute approximate surface area is 100 Å². The van der Waals surface area contributed by atoms with Gasteiger partial charge in [-0.1, -0.05) is 24.6 Å². The van der Waals surface area contributed by atoms with Gasteiger partial charge in [0.2, 0.25) is 5.91 Å². The number of hydrogen-bond donors (Lipinski definition) is 2. The van der Waals surface area contributed by atoms with Crippen molar-refractivity contribution >= 4 is 23.2 Å². The second-order valence-corrected chi connectivity index (χ2v) is 4.64. The number of carbonyl (C=O) groups is 1. The molecule has 2 rings (SSSR count). The molecule has 2 N–H and O–H groups in total. The van der Waals surface area contributed by atoms with Crippen LogP contribution in [0, 0.1) is 11.8 Å². The SMILES string of the molecule is CC(C(=O)Nc1cccc(Cl)c1)C1CNC1. The topological polar surface area (TPSA) is 41.1 Å². The molecule has 86 valence electrons. The molecule has 1 saturated heterocycles. The Morgan fingerprint density at radius 2 is 2.31 bits per heavy atom. The van der Waals surface area contributed by atoms with Crippen molar-refractivity contribution in [2.75, 3.05) is 18.4 Å². The molecule has 1 aromatic carbocycles. The van der Waals surface area contributed by atoms with E-state index in [0.717, 1.165) is 18.8 Å². The van der Waals surface area contributed by atoms with Gasteiger partial charge in [0, 0.05) is 16.6 Å². The predicted octanol–water partition coefficient (Wildman–Crippen LogP) is 2.13. The van der Waals surface area contributed by atoms with E-state index in [1.807, 2.05) is 19.1 Å². The van der Waals surface area contributed by atoms with Crippen molar-refractivity contribution < 1.29 is 4.79 Å². The van der Waals surface area contributed by atoms with Gasteiger partial charge in [0.1, 0.15) is 0 Å². The van der Waals surface area contributed by atoms with E-state index >= 15 is 0 Å². The number of anilines is 1. The summed E-state index contributed by atoms with van der Waals surface area (Å²) in [4.78, 5) is 11.9. The molecule has 3 nitrogen and oxygen atoms in total. The van der Waals surface area contributed by atoms with Gasteiger partial charge in [-0.25, -0.2) is 0 Å². The molecule has 0 radical (unpaired) electrons. The van der Waals surface area contributed by atoms with Gasteiger partial charge < -0.3 is 10.6 Å². The lowest BCUT2D eigenvalue weighted by Crippen LogP contribution is -2.48.